The van der Waals surface area contributed by atoms with Gasteiger partial charge in [-0.05, 0) is 25.1 Å². The molecule has 2 aromatic heterocycles. The van der Waals surface area contributed by atoms with Gasteiger partial charge in [0.1, 0.15) is 12.1 Å². The number of non-ortho nitro benzene ring substituents is 1. The second-order valence-corrected chi connectivity index (χ2v) is 7.10. The standard InChI is InChI=1S/C19H14N4O6S/c1-2-28-16(24)10-22-13-9-11(23(26)27)7-8-15(13)30-19(22)21-17(25)18-20-12-5-3-4-6-14(12)29-18/h3-9H,2,10H2,1H3. The van der Waals surface area contributed by atoms with Gasteiger partial charge in [-0.2, -0.15) is 4.99 Å². The Morgan fingerprint density at radius 1 is 1.30 bits per heavy atom. The van der Waals surface area contributed by atoms with Crippen LogP contribution in [0.25, 0.3) is 21.3 Å². The quantitative estimate of drug-likeness (QED) is 0.272. The molecule has 0 aliphatic carbocycles. The first kappa shape index (κ1) is 19.5. The van der Waals surface area contributed by atoms with E-state index in [9.17, 15) is 19.7 Å². The van der Waals surface area contributed by atoms with Crippen LogP contribution in [0.15, 0.2) is 51.9 Å². The largest absolute Gasteiger partial charge is 0.465 e. The molecule has 0 atom stereocenters. The Bertz CT molecular complexity index is 1330. The second-order valence-electron chi connectivity index (χ2n) is 6.09. The molecule has 0 bridgehead atoms. The number of thiazole rings is 1. The van der Waals surface area contributed by atoms with E-state index in [0.29, 0.717) is 21.3 Å². The lowest BCUT2D eigenvalue weighted by Gasteiger charge is -2.04. The lowest BCUT2D eigenvalue weighted by atomic mass is 10.3. The summed E-state index contributed by atoms with van der Waals surface area (Å²) >= 11 is 1.11. The van der Waals surface area contributed by atoms with E-state index in [1.54, 1.807) is 37.3 Å². The fourth-order valence-corrected chi connectivity index (χ4v) is 3.85. The molecule has 2 aromatic carbocycles. The van der Waals surface area contributed by atoms with Gasteiger partial charge in [-0.15, -0.1) is 0 Å². The number of ether oxygens (including phenoxy) is 1. The molecule has 0 aliphatic heterocycles. The van der Waals surface area contributed by atoms with Crippen molar-refractivity contribution in [2.45, 2.75) is 13.5 Å². The Morgan fingerprint density at radius 3 is 2.83 bits per heavy atom. The molecule has 0 radical (unpaired) electrons. The number of hydrogen-bond donors (Lipinski definition) is 0. The van der Waals surface area contributed by atoms with E-state index in [0.717, 1.165) is 11.3 Å². The summed E-state index contributed by atoms with van der Waals surface area (Å²) in [6.07, 6.45) is 0. The topological polar surface area (TPSA) is 130 Å². The molecule has 0 fully saturated rings. The average Bonchev–Trinajstić information content (AvgIpc) is 3.29. The van der Waals surface area contributed by atoms with Crippen molar-refractivity contribution in [3.8, 4) is 0 Å². The van der Waals surface area contributed by atoms with Crippen molar-refractivity contribution in [3.05, 3.63) is 63.3 Å². The number of aromatic nitrogens is 2. The molecule has 4 aromatic rings. The fraction of sp³-hybridized carbons (Fsp3) is 0.158. The average molecular weight is 426 g/mol. The number of nitro benzene ring substituents is 1. The molecule has 152 valence electrons. The van der Waals surface area contributed by atoms with Gasteiger partial charge in [-0.1, -0.05) is 23.5 Å². The third-order valence-electron chi connectivity index (χ3n) is 4.14. The first-order valence-electron chi connectivity index (χ1n) is 8.84. The highest BCUT2D eigenvalue weighted by atomic mass is 32.1. The number of nitro groups is 1. The molecule has 30 heavy (non-hydrogen) atoms. The summed E-state index contributed by atoms with van der Waals surface area (Å²) in [5.41, 5.74) is 1.21. The number of rotatable bonds is 5. The van der Waals surface area contributed by atoms with Crippen LogP contribution < -0.4 is 4.80 Å². The predicted octanol–water partition coefficient (Wildman–Crippen LogP) is 3.06. The number of hydrogen-bond acceptors (Lipinski definition) is 8. The Morgan fingerprint density at radius 2 is 2.10 bits per heavy atom. The van der Waals surface area contributed by atoms with Crippen LogP contribution in [0.1, 0.15) is 17.6 Å². The van der Waals surface area contributed by atoms with Crippen LogP contribution in [-0.4, -0.2) is 33.0 Å². The van der Waals surface area contributed by atoms with Crippen molar-refractivity contribution in [2.75, 3.05) is 6.61 Å². The molecule has 0 spiro atoms. The van der Waals surface area contributed by atoms with Gasteiger partial charge in [0.25, 0.3) is 11.6 Å². The van der Waals surface area contributed by atoms with Crippen molar-refractivity contribution < 1.29 is 23.7 Å². The molecule has 0 saturated heterocycles. The number of esters is 1. The summed E-state index contributed by atoms with van der Waals surface area (Å²) in [6.45, 7) is 1.59. The van der Waals surface area contributed by atoms with Gasteiger partial charge >= 0.3 is 11.9 Å². The molecule has 0 N–H and O–H groups in total. The highest BCUT2D eigenvalue weighted by Gasteiger charge is 2.18. The molecule has 11 heteroatoms. The SMILES string of the molecule is CCOC(=O)Cn1c(=NC(=O)c2nc3ccccc3o2)sc2ccc([N+](=O)[O-])cc21. The third kappa shape index (κ3) is 3.70. The zero-order chi connectivity index (χ0) is 21.3. The highest BCUT2D eigenvalue weighted by molar-refractivity contribution is 7.16. The summed E-state index contributed by atoms with van der Waals surface area (Å²) in [4.78, 5) is 43.7. The number of para-hydroxylation sites is 2. The minimum atomic E-state index is -0.732. The van der Waals surface area contributed by atoms with Gasteiger partial charge in [0, 0.05) is 12.1 Å². The maximum atomic E-state index is 12.6. The normalized spacial score (nSPS) is 11.8. The zero-order valence-electron chi connectivity index (χ0n) is 15.6. The van der Waals surface area contributed by atoms with Crippen LogP contribution in [0, 0.1) is 10.1 Å². The number of carbonyl (C=O) groups excluding carboxylic acids is 2. The number of fused-ring (bicyclic) bond motifs is 2. The molecule has 10 nitrogen and oxygen atoms in total. The van der Waals surface area contributed by atoms with Crippen LogP contribution in [0.4, 0.5) is 5.69 Å². The van der Waals surface area contributed by atoms with Crippen molar-refractivity contribution in [1.82, 2.24) is 9.55 Å². The van der Waals surface area contributed by atoms with E-state index in [-0.39, 0.29) is 29.5 Å². The molecule has 2 heterocycles. The number of carbonyl (C=O) groups is 2. The highest BCUT2D eigenvalue weighted by Crippen LogP contribution is 2.23. The monoisotopic (exact) mass is 426 g/mol. The van der Waals surface area contributed by atoms with Gasteiger partial charge < -0.3 is 13.7 Å². The van der Waals surface area contributed by atoms with Crippen LogP contribution in [0.2, 0.25) is 0 Å². The number of amides is 1. The van der Waals surface area contributed by atoms with Crippen molar-refractivity contribution in [3.63, 3.8) is 0 Å². The van der Waals surface area contributed by atoms with E-state index in [1.165, 1.54) is 16.7 Å². The molecule has 4 rings (SSSR count). The summed E-state index contributed by atoms with van der Waals surface area (Å²) in [5, 5.41) is 11.1. The summed E-state index contributed by atoms with van der Waals surface area (Å²) < 4.78 is 12.5. The lowest BCUT2D eigenvalue weighted by Crippen LogP contribution is -2.23. The van der Waals surface area contributed by atoms with E-state index < -0.39 is 16.8 Å². The van der Waals surface area contributed by atoms with Crippen LogP contribution in [0.3, 0.4) is 0 Å². The summed E-state index contributed by atoms with van der Waals surface area (Å²) in [7, 11) is 0. The molecule has 0 saturated carbocycles. The van der Waals surface area contributed by atoms with E-state index in [4.69, 9.17) is 9.15 Å². The van der Waals surface area contributed by atoms with Crippen molar-refractivity contribution in [2.24, 2.45) is 4.99 Å². The maximum Gasteiger partial charge on any atom is 0.335 e. The first-order valence-corrected chi connectivity index (χ1v) is 9.66. The lowest BCUT2D eigenvalue weighted by molar-refractivity contribution is -0.384. The van der Waals surface area contributed by atoms with Crippen molar-refractivity contribution in [1.29, 1.82) is 0 Å². The molecular weight excluding hydrogens is 412 g/mol. The van der Waals surface area contributed by atoms with E-state index in [1.807, 2.05) is 0 Å². The zero-order valence-corrected chi connectivity index (χ0v) is 16.4. The summed E-state index contributed by atoms with van der Waals surface area (Å²) in [6, 6.07) is 11.1. The molecule has 1 amide bonds. The first-order chi connectivity index (χ1) is 14.5. The van der Waals surface area contributed by atoms with Gasteiger partial charge in [-0.3, -0.25) is 19.7 Å². The van der Waals surface area contributed by atoms with Gasteiger partial charge in [-0.25, -0.2) is 4.98 Å². The second kappa shape index (κ2) is 7.87. The van der Waals surface area contributed by atoms with Crippen molar-refractivity contribution >= 4 is 50.2 Å². The summed E-state index contributed by atoms with van der Waals surface area (Å²) in [5.74, 6) is -1.48. The van der Waals surface area contributed by atoms with E-state index >= 15 is 0 Å². The Labute approximate surface area is 172 Å². The van der Waals surface area contributed by atoms with Gasteiger partial charge in [0.2, 0.25) is 0 Å². The van der Waals surface area contributed by atoms with Crippen LogP contribution in [-0.2, 0) is 16.1 Å². The maximum absolute atomic E-state index is 12.6. The number of oxazole rings is 1. The minimum absolute atomic E-state index is 0.144. The molecular formula is C19H14N4O6S. The Balaban J connectivity index is 1.84. The Hall–Kier alpha value is -3.86. The minimum Gasteiger partial charge on any atom is -0.465 e. The van der Waals surface area contributed by atoms with Crippen LogP contribution >= 0.6 is 11.3 Å². The van der Waals surface area contributed by atoms with Crippen LogP contribution in [0.5, 0.6) is 0 Å². The molecule has 0 unspecified atom stereocenters. The fourth-order valence-electron chi connectivity index (χ4n) is 2.84. The smallest absolute Gasteiger partial charge is 0.335 e. The number of nitrogens with zero attached hydrogens (tertiary/aromatic N) is 4. The number of benzene rings is 2. The van der Waals surface area contributed by atoms with Gasteiger partial charge in [0.05, 0.1) is 21.7 Å². The predicted molar refractivity (Wildman–Crippen MR) is 107 cm³/mol. The third-order valence-corrected chi connectivity index (χ3v) is 5.20. The molecule has 0 aliphatic rings. The van der Waals surface area contributed by atoms with Gasteiger partial charge in [0.15, 0.2) is 10.4 Å². The van der Waals surface area contributed by atoms with E-state index in [2.05, 4.69) is 9.98 Å². The Kier molecular flexibility index (Phi) is 5.11.